The van der Waals surface area contributed by atoms with Gasteiger partial charge < -0.3 is 15.5 Å². The summed E-state index contributed by atoms with van der Waals surface area (Å²) in [4.78, 5) is 11.7. The Balaban J connectivity index is 2.10. The monoisotopic (exact) mass is 266 g/mol. The van der Waals surface area contributed by atoms with Gasteiger partial charge >= 0.3 is 0 Å². The van der Waals surface area contributed by atoms with Gasteiger partial charge in [0, 0.05) is 40.4 Å². The number of amides is 1. The number of benzene rings is 1. The first-order valence-electron chi connectivity index (χ1n) is 5.43. The third-order valence-electron chi connectivity index (χ3n) is 2.44. The topological polar surface area (TPSA) is 85.3 Å². The second kappa shape index (κ2) is 5.22. The lowest BCUT2D eigenvalue weighted by molar-refractivity contribution is 0.0930. The number of nitrogens with one attached hydrogen (secondary N) is 1. The number of hydrogen-bond donors (Lipinski definition) is 2. The predicted molar refractivity (Wildman–Crippen MR) is 71.9 cm³/mol. The van der Waals surface area contributed by atoms with Crippen LogP contribution in [-0.2, 0) is 10.8 Å². The van der Waals surface area contributed by atoms with E-state index in [4.69, 9.17) is 10.2 Å². The fraction of sp³-hybridized carbons (Fsp3) is 0.250. The summed E-state index contributed by atoms with van der Waals surface area (Å²) in [6.45, 7) is 0.362. The summed E-state index contributed by atoms with van der Waals surface area (Å²) in [5.74, 6) is 0.353. The van der Waals surface area contributed by atoms with E-state index in [1.54, 1.807) is 30.5 Å². The predicted octanol–water partition coefficient (Wildman–Crippen LogP) is 1.12. The smallest absolute Gasteiger partial charge is 0.287 e. The SMILES string of the molecule is CS(=O)CCNC(=O)c1cc2cc(N)ccc2o1. The Bertz CT molecular complexity index is 606. The van der Waals surface area contributed by atoms with Crippen LogP contribution >= 0.6 is 0 Å². The Hall–Kier alpha value is -1.82. The summed E-state index contributed by atoms with van der Waals surface area (Å²) in [7, 11) is -0.918. The molecule has 18 heavy (non-hydrogen) atoms. The Morgan fingerprint density at radius 3 is 2.94 bits per heavy atom. The van der Waals surface area contributed by atoms with E-state index >= 15 is 0 Å². The molecular formula is C12H14N2O3S. The van der Waals surface area contributed by atoms with Gasteiger partial charge in [-0.25, -0.2) is 0 Å². The number of hydrogen-bond acceptors (Lipinski definition) is 4. The number of nitrogen functional groups attached to an aromatic ring is 1. The zero-order valence-corrected chi connectivity index (χ0v) is 10.8. The number of anilines is 1. The second-order valence-corrected chi connectivity index (χ2v) is 5.50. The Morgan fingerprint density at radius 1 is 1.44 bits per heavy atom. The largest absolute Gasteiger partial charge is 0.451 e. The first kappa shape index (κ1) is 12.6. The van der Waals surface area contributed by atoms with Crippen LogP contribution in [0, 0.1) is 0 Å². The molecule has 0 radical (unpaired) electrons. The molecule has 0 aliphatic carbocycles. The maximum absolute atomic E-state index is 11.7. The first-order chi connectivity index (χ1) is 8.56. The fourth-order valence-corrected chi connectivity index (χ4v) is 1.96. The van der Waals surface area contributed by atoms with E-state index in [-0.39, 0.29) is 11.7 Å². The summed E-state index contributed by atoms with van der Waals surface area (Å²) in [5.41, 5.74) is 6.89. The molecule has 0 aliphatic rings. The molecule has 6 heteroatoms. The highest BCUT2D eigenvalue weighted by Crippen LogP contribution is 2.21. The van der Waals surface area contributed by atoms with Crippen molar-refractivity contribution in [2.24, 2.45) is 0 Å². The van der Waals surface area contributed by atoms with Gasteiger partial charge in [-0.15, -0.1) is 0 Å². The summed E-state index contributed by atoms with van der Waals surface area (Å²) in [6, 6.07) is 6.83. The van der Waals surface area contributed by atoms with Crippen LogP contribution in [0.4, 0.5) is 5.69 Å². The Labute approximate surface area is 107 Å². The zero-order chi connectivity index (χ0) is 13.1. The summed E-state index contributed by atoms with van der Waals surface area (Å²) < 4.78 is 16.3. The second-order valence-electron chi connectivity index (χ2n) is 3.94. The van der Waals surface area contributed by atoms with Gasteiger partial charge in [-0.3, -0.25) is 9.00 Å². The number of carbonyl (C=O) groups excluding carboxylic acids is 1. The number of nitrogens with two attached hydrogens (primary N) is 1. The van der Waals surface area contributed by atoms with Crippen LogP contribution in [0.1, 0.15) is 10.6 Å². The number of carbonyl (C=O) groups is 1. The summed E-state index contributed by atoms with van der Waals surface area (Å²) in [6.07, 6.45) is 1.59. The van der Waals surface area contributed by atoms with Crippen molar-refractivity contribution in [1.82, 2.24) is 5.32 Å². The van der Waals surface area contributed by atoms with E-state index in [0.29, 0.717) is 23.6 Å². The molecule has 1 atom stereocenters. The minimum atomic E-state index is -0.918. The zero-order valence-electron chi connectivity index (χ0n) is 9.93. The van der Waals surface area contributed by atoms with E-state index in [1.165, 1.54) is 0 Å². The highest BCUT2D eigenvalue weighted by Gasteiger charge is 2.11. The van der Waals surface area contributed by atoms with Crippen molar-refractivity contribution in [1.29, 1.82) is 0 Å². The lowest BCUT2D eigenvalue weighted by atomic mass is 10.2. The van der Waals surface area contributed by atoms with Crippen molar-refractivity contribution in [3.8, 4) is 0 Å². The molecule has 1 heterocycles. The third kappa shape index (κ3) is 2.89. The van der Waals surface area contributed by atoms with E-state index in [2.05, 4.69) is 5.32 Å². The quantitative estimate of drug-likeness (QED) is 0.812. The Morgan fingerprint density at radius 2 is 2.22 bits per heavy atom. The van der Waals surface area contributed by atoms with Gasteiger partial charge in [0.25, 0.3) is 5.91 Å². The van der Waals surface area contributed by atoms with Crippen molar-refractivity contribution in [3.63, 3.8) is 0 Å². The highest BCUT2D eigenvalue weighted by atomic mass is 32.2. The molecule has 0 aliphatic heterocycles. The minimum Gasteiger partial charge on any atom is -0.451 e. The van der Waals surface area contributed by atoms with Gasteiger partial charge in [0.2, 0.25) is 0 Å². The van der Waals surface area contributed by atoms with Gasteiger partial charge in [0.15, 0.2) is 5.76 Å². The lowest BCUT2D eigenvalue weighted by Crippen LogP contribution is -2.27. The molecule has 3 N–H and O–H groups in total. The van der Waals surface area contributed by atoms with Gasteiger partial charge in [-0.2, -0.15) is 0 Å². The van der Waals surface area contributed by atoms with Crippen molar-refractivity contribution in [3.05, 3.63) is 30.0 Å². The van der Waals surface area contributed by atoms with Crippen LogP contribution in [0.25, 0.3) is 11.0 Å². The van der Waals surface area contributed by atoms with Crippen LogP contribution in [0.15, 0.2) is 28.7 Å². The number of rotatable bonds is 4. The molecule has 5 nitrogen and oxygen atoms in total. The fourth-order valence-electron chi connectivity index (χ4n) is 1.57. The number of furan rings is 1. The molecule has 1 amide bonds. The molecule has 1 aromatic carbocycles. The molecule has 2 aromatic rings. The molecular weight excluding hydrogens is 252 g/mol. The van der Waals surface area contributed by atoms with Gasteiger partial charge in [-0.05, 0) is 24.3 Å². The molecule has 0 bridgehead atoms. The average Bonchev–Trinajstić information content (AvgIpc) is 2.71. The average molecular weight is 266 g/mol. The van der Waals surface area contributed by atoms with Crippen molar-refractivity contribution in [2.75, 3.05) is 24.3 Å². The van der Waals surface area contributed by atoms with E-state index in [0.717, 1.165) is 5.39 Å². The van der Waals surface area contributed by atoms with Gasteiger partial charge in [-0.1, -0.05) is 0 Å². The lowest BCUT2D eigenvalue weighted by Gasteiger charge is -2.00. The van der Waals surface area contributed by atoms with Crippen LogP contribution in [-0.4, -0.2) is 28.7 Å². The van der Waals surface area contributed by atoms with Gasteiger partial charge in [0.05, 0.1) is 0 Å². The van der Waals surface area contributed by atoms with Crippen LogP contribution < -0.4 is 11.1 Å². The summed E-state index contributed by atoms with van der Waals surface area (Å²) in [5, 5.41) is 3.44. The molecule has 0 spiro atoms. The van der Waals surface area contributed by atoms with Crippen LogP contribution in [0.5, 0.6) is 0 Å². The molecule has 1 aromatic heterocycles. The first-order valence-corrected chi connectivity index (χ1v) is 7.16. The molecule has 96 valence electrons. The highest BCUT2D eigenvalue weighted by molar-refractivity contribution is 7.84. The van der Waals surface area contributed by atoms with E-state index < -0.39 is 10.8 Å². The maximum Gasteiger partial charge on any atom is 0.287 e. The normalized spacial score (nSPS) is 12.5. The van der Waals surface area contributed by atoms with Crippen LogP contribution in [0.3, 0.4) is 0 Å². The summed E-state index contributed by atoms with van der Waals surface area (Å²) >= 11 is 0. The number of fused-ring (bicyclic) bond motifs is 1. The van der Waals surface area contributed by atoms with E-state index in [9.17, 15) is 9.00 Å². The Kier molecular flexibility index (Phi) is 3.66. The molecule has 0 saturated heterocycles. The minimum absolute atomic E-state index is 0.234. The molecule has 0 fully saturated rings. The third-order valence-corrected chi connectivity index (χ3v) is 3.22. The maximum atomic E-state index is 11.7. The van der Waals surface area contributed by atoms with Gasteiger partial charge in [0.1, 0.15) is 5.58 Å². The van der Waals surface area contributed by atoms with Crippen molar-refractivity contribution < 1.29 is 13.4 Å². The molecule has 0 saturated carbocycles. The van der Waals surface area contributed by atoms with Crippen molar-refractivity contribution >= 4 is 33.4 Å². The van der Waals surface area contributed by atoms with Crippen LogP contribution in [0.2, 0.25) is 0 Å². The molecule has 1 unspecified atom stereocenters. The molecule has 2 rings (SSSR count). The van der Waals surface area contributed by atoms with E-state index in [1.807, 2.05) is 0 Å². The van der Waals surface area contributed by atoms with Crippen molar-refractivity contribution in [2.45, 2.75) is 0 Å². The standard InChI is InChI=1S/C12H14N2O3S/c1-18(16)5-4-14-12(15)11-7-8-6-9(13)2-3-10(8)17-11/h2-3,6-7H,4-5,13H2,1H3,(H,14,15).